The van der Waals surface area contributed by atoms with Crippen molar-refractivity contribution in [3.63, 3.8) is 0 Å². The van der Waals surface area contributed by atoms with Gasteiger partial charge in [-0.25, -0.2) is 0 Å². The molecule has 0 bridgehead atoms. The Hall–Kier alpha value is -2.43. The maximum Gasteiger partial charge on any atom is 0.306 e. The molecule has 0 fully saturated rings. The third-order valence-corrected chi connectivity index (χ3v) is 3.22. The van der Waals surface area contributed by atoms with Gasteiger partial charge in [-0.15, -0.1) is 0 Å². The molecular formula is C16H17NO4. The molecule has 0 saturated heterocycles. The van der Waals surface area contributed by atoms with Crippen LogP contribution in [0.2, 0.25) is 0 Å². The molecule has 1 unspecified atom stereocenters. The second-order valence-corrected chi connectivity index (χ2v) is 4.77. The number of esters is 1. The molecule has 1 aromatic carbocycles. The maximum atomic E-state index is 11.6. The fourth-order valence-electron chi connectivity index (χ4n) is 2.25. The number of fused-ring (bicyclic) bond motifs is 1. The zero-order chi connectivity index (χ0) is 15.2. The number of ether oxygens (including phenoxy) is 1. The van der Waals surface area contributed by atoms with Crippen LogP contribution >= 0.6 is 0 Å². The number of carbonyl (C=O) groups is 2. The average molecular weight is 287 g/mol. The van der Waals surface area contributed by atoms with Crippen LogP contribution in [0.15, 0.2) is 36.5 Å². The highest BCUT2D eigenvalue weighted by Gasteiger charge is 2.20. The Labute approximate surface area is 122 Å². The van der Waals surface area contributed by atoms with Crippen molar-refractivity contribution in [1.82, 2.24) is 4.98 Å². The topological polar surface area (TPSA) is 76.5 Å². The molecule has 21 heavy (non-hydrogen) atoms. The van der Waals surface area contributed by atoms with Crippen molar-refractivity contribution in [1.29, 1.82) is 0 Å². The molecule has 1 aromatic heterocycles. The quantitative estimate of drug-likeness (QED) is 0.827. The number of pyridine rings is 1. The van der Waals surface area contributed by atoms with Gasteiger partial charge in [-0.3, -0.25) is 14.6 Å². The van der Waals surface area contributed by atoms with Crippen LogP contribution in [-0.2, 0) is 14.3 Å². The van der Waals surface area contributed by atoms with Crippen molar-refractivity contribution in [2.24, 2.45) is 0 Å². The fraction of sp³-hybridized carbons (Fsp3) is 0.312. The number of aliphatic carboxylic acids is 1. The van der Waals surface area contributed by atoms with Crippen molar-refractivity contribution in [2.75, 3.05) is 6.61 Å². The number of aromatic nitrogens is 1. The van der Waals surface area contributed by atoms with E-state index in [9.17, 15) is 9.59 Å². The number of carboxylic acid groups (broad SMARTS) is 1. The van der Waals surface area contributed by atoms with Crippen molar-refractivity contribution < 1.29 is 19.4 Å². The predicted octanol–water partition coefficient (Wildman–Crippen LogP) is 2.75. The second-order valence-electron chi connectivity index (χ2n) is 4.77. The molecule has 0 radical (unpaired) electrons. The molecule has 0 spiro atoms. The third-order valence-electron chi connectivity index (χ3n) is 3.22. The molecule has 2 aromatic rings. The average Bonchev–Trinajstić information content (AvgIpc) is 2.46. The Morgan fingerprint density at radius 2 is 2.05 bits per heavy atom. The number of para-hydroxylation sites is 1. The number of hydrogen-bond donors (Lipinski definition) is 1. The van der Waals surface area contributed by atoms with Gasteiger partial charge in [0.1, 0.15) is 0 Å². The predicted molar refractivity (Wildman–Crippen MR) is 78.0 cm³/mol. The molecule has 0 saturated carbocycles. The number of hydrogen-bond acceptors (Lipinski definition) is 4. The SMILES string of the molecule is CCOC(=O)CC(CC(=O)O)c1cnc2ccccc2c1. The van der Waals surface area contributed by atoms with Crippen molar-refractivity contribution in [3.05, 3.63) is 42.1 Å². The van der Waals surface area contributed by atoms with Crippen LogP contribution in [0.25, 0.3) is 10.9 Å². The van der Waals surface area contributed by atoms with Crippen LogP contribution in [0, 0.1) is 0 Å². The molecule has 0 amide bonds. The molecule has 0 aliphatic carbocycles. The van der Waals surface area contributed by atoms with Crippen LogP contribution in [0.5, 0.6) is 0 Å². The summed E-state index contributed by atoms with van der Waals surface area (Å²) in [6.07, 6.45) is 1.55. The molecule has 1 N–H and O–H groups in total. The number of nitrogens with zero attached hydrogens (tertiary/aromatic N) is 1. The first kappa shape index (κ1) is 15.0. The van der Waals surface area contributed by atoms with E-state index in [1.165, 1.54) is 0 Å². The van der Waals surface area contributed by atoms with Gasteiger partial charge in [-0.2, -0.15) is 0 Å². The Balaban J connectivity index is 2.28. The second kappa shape index (κ2) is 6.83. The van der Waals surface area contributed by atoms with E-state index in [0.717, 1.165) is 16.5 Å². The number of carboxylic acids is 1. The number of benzene rings is 1. The first-order valence-electron chi connectivity index (χ1n) is 6.82. The monoisotopic (exact) mass is 287 g/mol. The van der Waals surface area contributed by atoms with E-state index < -0.39 is 17.9 Å². The zero-order valence-electron chi connectivity index (χ0n) is 11.8. The minimum atomic E-state index is -0.947. The summed E-state index contributed by atoms with van der Waals surface area (Å²) in [6.45, 7) is 2.01. The van der Waals surface area contributed by atoms with Gasteiger partial charge in [0.2, 0.25) is 0 Å². The molecule has 5 heteroatoms. The molecule has 0 aliphatic rings. The highest BCUT2D eigenvalue weighted by Crippen LogP contribution is 2.26. The molecule has 1 heterocycles. The van der Waals surface area contributed by atoms with Crippen molar-refractivity contribution >= 4 is 22.8 Å². The van der Waals surface area contributed by atoms with E-state index in [0.29, 0.717) is 0 Å². The lowest BCUT2D eigenvalue weighted by Crippen LogP contribution is -2.14. The Kier molecular flexibility index (Phi) is 4.87. The van der Waals surface area contributed by atoms with E-state index in [4.69, 9.17) is 9.84 Å². The Morgan fingerprint density at radius 3 is 2.76 bits per heavy atom. The van der Waals surface area contributed by atoms with Crippen LogP contribution in [0.4, 0.5) is 0 Å². The molecule has 1 atom stereocenters. The minimum Gasteiger partial charge on any atom is -0.481 e. The van der Waals surface area contributed by atoms with Gasteiger partial charge in [-0.05, 0) is 24.6 Å². The lowest BCUT2D eigenvalue weighted by Gasteiger charge is -2.14. The summed E-state index contributed by atoms with van der Waals surface area (Å²) in [7, 11) is 0. The van der Waals surface area contributed by atoms with Gasteiger partial charge in [0.05, 0.1) is 25.0 Å². The summed E-state index contributed by atoms with van der Waals surface area (Å²) in [4.78, 5) is 27.0. The molecule has 0 aliphatic heterocycles. The standard InChI is InChI=1S/C16H17NO4/c1-2-21-16(20)9-12(8-15(18)19)13-7-11-5-3-4-6-14(11)17-10-13/h3-7,10,12H,2,8-9H2,1H3,(H,18,19). The third kappa shape index (κ3) is 4.02. The van der Waals surface area contributed by atoms with Gasteiger partial charge in [0, 0.05) is 17.5 Å². The van der Waals surface area contributed by atoms with Gasteiger partial charge >= 0.3 is 11.9 Å². The maximum absolute atomic E-state index is 11.6. The van der Waals surface area contributed by atoms with Gasteiger partial charge < -0.3 is 9.84 Å². The van der Waals surface area contributed by atoms with Crippen LogP contribution in [0.3, 0.4) is 0 Å². The van der Waals surface area contributed by atoms with E-state index in [1.54, 1.807) is 13.1 Å². The zero-order valence-corrected chi connectivity index (χ0v) is 11.8. The van der Waals surface area contributed by atoms with E-state index in [-0.39, 0.29) is 19.4 Å². The Morgan fingerprint density at radius 1 is 1.29 bits per heavy atom. The highest BCUT2D eigenvalue weighted by atomic mass is 16.5. The summed E-state index contributed by atoms with van der Waals surface area (Å²) in [5.74, 6) is -1.77. The smallest absolute Gasteiger partial charge is 0.306 e. The van der Waals surface area contributed by atoms with E-state index >= 15 is 0 Å². The van der Waals surface area contributed by atoms with Crippen molar-refractivity contribution in [2.45, 2.75) is 25.7 Å². The summed E-state index contributed by atoms with van der Waals surface area (Å²) in [5.41, 5.74) is 1.58. The number of carbonyl (C=O) groups excluding carboxylic acids is 1. The minimum absolute atomic E-state index is 0.0418. The highest BCUT2D eigenvalue weighted by molar-refractivity contribution is 5.80. The van der Waals surface area contributed by atoms with E-state index in [1.807, 2.05) is 30.3 Å². The molecular weight excluding hydrogens is 270 g/mol. The van der Waals surface area contributed by atoms with Crippen LogP contribution in [0.1, 0.15) is 31.2 Å². The summed E-state index contributed by atoms with van der Waals surface area (Å²) in [5, 5.41) is 9.95. The van der Waals surface area contributed by atoms with Crippen LogP contribution in [-0.4, -0.2) is 28.6 Å². The normalized spacial score (nSPS) is 12.0. The molecule has 5 nitrogen and oxygen atoms in total. The first-order chi connectivity index (χ1) is 10.1. The first-order valence-corrected chi connectivity index (χ1v) is 6.82. The molecule has 2 rings (SSSR count). The van der Waals surface area contributed by atoms with Gasteiger partial charge in [0.15, 0.2) is 0 Å². The lowest BCUT2D eigenvalue weighted by atomic mass is 9.93. The van der Waals surface area contributed by atoms with Crippen LogP contribution < -0.4 is 0 Å². The van der Waals surface area contributed by atoms with E-state index in [2.05, 4.69) is 4.98 Å². The number of rotatable bonds is 6. The summed E-state index contributed by atoms with van der Waals surface area (Å²) in [6, 6.07) is 9.47. The Bertz CT molecular complexity index is 654. The lowest BCUT2D eigenvalue weighted by molar-refractivity contribution is -0.144. The van der Waals surface area contributed by atoms with Crippen molar-refractivity contribution in [3.8, 4) is 0 Å². The summed E-state index contributed by atoms with van der Waals surface area (Å²) < 4.78 is 4.91. The largest absolute Gasteiger partial charge is 0.481 e. The van der Waals surface area contributed by atoms with Gasteiger partial charge in [-0.1, -0.05) is 18.2 Å². The molecule has 110 valence electrons. The fourth-order valence-corrected chi connectivity index (χ4v) is 2.25. The van der Waals surface area contributed by atoms with Gasteiger partial charge in [0.25, 0.3) is 0 Å². The summed E-state index contributed by atoms with van der Waals surface area (Å²) >= 11 is 0.